The van der Waals surface area contributed by atoms with Crippen LogP contribution in [0.2, 0.25) is 5.02 Å². The van der Waals surface area contributed by atoms with Gasteiger partial charge in [-0.2, -0.15) is 0 Å². The summed E-state index contributed by atoms with van der Waals surface area (Å²) < 4.78 is 33.7. The fraction of sp³-hybridized carbons (Fsp3) is 0.389. The van der Waals surface area contributed by atoms with Gasteiger partial charge in [-0.05, 0) is 38.0 Å². The van der Waals surface area contributed by atoms with Gasteiger partial charge < -0.3 is 14.6 Å². The third-order valence-electron chi connectivity index (χ3n) is 3.83. The second-order valence-electron chi connectivity index (χ2n) is 6.26. The highest BCUT2D eigenvalue weighted by atomic mass is 35.5. The number of sulfone groups is 1. The summed E-state index contributed by atoms with van der Waals surface area (Å²) in [5.41, 5.74) is -0.129. The van der Waals surface area contributed by atoms with E-state index in [1.54, 1.807) is 6.92 Å². The molecule has 1 aromatic heterocycles. The van der Waals surface area contributed by atoms with Crippen molar-refractivity contribution >= 4 is 39.1 Å². The van der Waals surface area contributed by atoms with Crippen LogP contribution in [0.5, 0.6) is 0 Å². The molecule has 0 bridgehead atoms. The lowest BCUT2D eigenvalue weighted by Crippen LogP contribution is -2.33. The molecule has 0 aliphatic heterocycles. The standard InChI is InChI=1S/C18H21ClN2O6S/c1-4-5-6-15(17(22)20-16-9-11(2)27-21-16)26-18(23)13-10-12(28(3,24)25)7-8-14(13)19/h7-10,15H,4-6H2,1-3H3,(H,20,21,22)/t15-/m1/s1. The van der Waals surface area contributed by atoms with E-state index >= 15 is 0 Å². The summed E-state index contributed by atoms with van der Waals surface area (Å²) >= 11 is 6.02. The Hall–Kier alpha value is -2.39. The number of rotatable bonds is 8. The van der Waals surface area contributed by atoms with E-state index in [0.29, 0.717) is 12.2 Å². The Morgan fingerprint density at radius 1 is 1.32 bits per heavy atom. The van der Waals surface area contributed by atoms with Gasteiger partial charge in [-0.15, -0.1) is 0 Å². The maximum absolute atomic E-state index is 12.6. The van der Waals surface area contributed by atoms with Crippen LogP contribution in [-0.2, 0) is 19.4 Å². The molecule has 1 aromatic carbocycles. The highest BCUT2D eigenvalue weighted by Crippen LogP contribution is 2.23. The number of anilines is 1. The highest BCUT2D eigenvalue weighted by molar-refractivity contribution is 7.90. The molecule has 0 radical (unpaired) electrons. The minimum atomic E-state index is -3.54. The lowest BCUT2D eigenvalue weighted by Gasteiger charge is -2.17. The van der Waals surface area contributed by atoms with Crippen LogP contribution in [-0.4, -0.2) is 37.8 Å². The fourth-order valence-electron chi connectivity index (χ4n) is 2.35. The Kier molecular flexibility index (Phi) is 7.20. The molecule has 0 unspecified atom stereocenters. The van der Waals surface area contributed by atoms with E-state index in [1.165, 1.54) is 18.2 Å². The first-order valence-electron chi connectivity index (χ1n) is 8.56. The maximum Gasteiger partial charge on any atom is 0.340 e. The molecule has 8 nitrogen and oxygen atoms in total. The minimum Gasteiger partial charge on any atom is -0.449 e. The Balaban J connectivity index is 2.21. The lowest BCUT2D eigenvalue weighted by molar-refractivity contribution is -0.125. The number of hydrogen-bond donors (Lipinski definition) is 1. The van der Waals surface area contributed by atoms with Gasteiger partial charge in [0.25, 0.3) is 5.91 Å². The number of halogens is 1. The number of benzene rings is 1. The third-order valence-corrected chi connectivity index (χ3v) is 5.27. The van der Waals surface area contributed by atoms with E-state index in [4.69, 9.17) is 20.9 Å². The van der Waals surface area contributed by atoms with Crippen LogP contribution in [0.4, 0.5) is 5.82 Å². The smallest absolute Gasteiger partial charge is 0.340 e. The number of nitrogens with zero attached hydrogens (tertiary/aromatic N) is 1. The third kappa shape index (κ3) is 5.80. The monoisotopic (exact) mass is 428 g/mol. The largest absolute Gasteiger partial charge is 0.449 e. The van der Waals surface area contributed by atoms with Crippen molar-refractivity contribution < 1.29 is 27.3 Å². The molecule has 2 aromatic rings. The number of aryl methyl sites for hydroxylation is 1. The summed E-state index contributed by atoms with van der Waals surface area (Å²) in [6.07, 6.45) is 1.63. The van der Waals surface area contributed by atoms with E-state index in [9.17, 15) is 18.0 Å². The van der Waals surface area contributed by atoms with Crippen molar-refractivity contribution in [1.82, 2.24) is 5.16 Å². The van der Waals surface area contributed by atoms with Gasteiger partial charge in [0.15, 0.2) is 21.8 Å². The first-order chi connectivity index (χ1) is 13.1. The molecule has 0 aliphatic rings. The second-order valence-corrected chi connectivity index (χ2v) is 8.68. The summed E-state index contributed by atoms with van der Waals surface area (Å²) in [4.78, 5) is 25.0. The maximum atomic E-state index is 12.6. The van der Waals surface area contributed by atoms with E-state index in [1.807, 2.05) is 6.92 Å². The lowest BCUT2D eigenvalue weighted by atomic mass is 10.1. The normalized spacial score (nSPS) is 12.4. The van der Waals surface area contributed by atoms with Crippen molar-refractivity contribution in [2.45, 2.75) is 44.1 Å². The number of amides is 1. The quantitative estimate of drug-likeness (QED) is 0.640. The molecule has 0 spiro atoms. The minimum absolute atomic E-state index is 0.0270. The number of ether oxygens (including phenoxy) is 1. The van der Waals surface area contributed by atoms with Gasteiger partial charge in [0, 0.05) is 12.3 Å². The fourth-order valence-corrected chi connectivity index (χ4v) is 3.19. The number of aromatic nitrogens is 1. The Morgan fingerprint density at radius 3 is 2.61 bits per heavy atom. The van der Waals surface area contributed by atoms with Crippen molar-refractivity contribution in [3.8, 4) is 0 Å². The number of nitrogens with one attached hydrogen (secondary N) is 1. The molecule has 28 heavy (non-hydrogen) atoms. The number of carbonyl (C=O) groups excluding carboxylic acids is 2. The predicted octanol–water partition coefficient (Wildman–Crippen LogP) is 3.39. The van der Waals surface area contributed by atoms with Gasteiger partial charge in [0.2, 0.25) is 0 Å². The summed E-state index contributed by atoms with van der Waals surface area (Å²) in [7, 11) is -3.54. The van der Waals surface area contributed by atoms with Crippen molar-refractivity contribution in [2.24, 2.45) is 0 Å². The van der Waals surface area contributed by atoms with Crippen LogP contribution in [0, 0.1) is 6.92 Å². The van der Waals surface area contributed by atoms with Crippen LogP contribution < -0.4 is 5.32 Å². The molecule has 152 valence electrons. The molecule has 10 heteroatoms. The Bertz CT molecular complexity index is 970. The summed E-state index contributed by atoms with van der Waals surface area (Å²) in [5, 5.41) is 6.23. The molecular formula is C18H21ClN2O6S. The van der Waals surface area contributed by atoms with E-state index in [2.05, 4.69) is 10.5 Å². The number of hydrogen-bond acceptors (Lipinski definition) is 7. The van der Waals surface area contributed by atoms with Crippen LogP contribution in [0.1, 0.15) is 42.3 Å². The zero-order valence-corrected chi connectivity index (χ0v) is 17.3. The summed E-state index contributed by atoms with van der Waals surface area (Å²) in [5.74, 6) is -0.729. The SMILES string of the molecule is CCCC[C@@H](OC(=O)c1cc(S(C)(=O)=O)ccc1Cl)C(=O)Nc1cc(C)on1. The van der Waals surface area contributed by atoms with E-state index < -0.39 is 27.8 Å². The predicted molar refractivity (Wildman–Crippen MR) is 103 cm³/mol. The van der Waals surface area contributed by atoms with Gasteiger partial charge in [-0.3, -0.25) is 4.79 Å². The second kappa shape index (κ2) is 9.20. The average Bonchev–Trinajstić information content (AvgIpc) is 3.02. The highest BCUT2D eigenvalue weighted by Gasteiger charge is 2.26. The van der Waals surface area contributed by atoms with Crippen molar-refractivity contribution in [3.05, 3.63) is 40.6 Å². The number of carbonyl (C=O) groups is 2. The van der Waals surface area contributed by atoms with Gasteiger partial charge >= 0.3 is 5.97 Å². The van der Waals surface area contributed by atoms with Crippen LogP contribution in [0.3, 0.4) is 0 Å². The molecule has 1 N–H and O–H groups in total. The molecule has 1 atom stereocenters. The Morgan fingerprint density at radius 2 is 2.04 bits per heavy atom. The van der Waals surface area contributed by atoms with Crippen LogP contribution in [0.15, 0.2) is 33.7 Å². The first-order valence-corrected chi connectivity index (χ1v) is 10.8. The molecule has 2 rings (SSSR count). The molecule has 0 saturated heterocycles. The average molecular weight is 429 g/mol. The van der Waals surface area contributed by atoms with Crippen molar-refractivity contribution in [1.29, 1.82) is 0 Å². The molecule has 0 fully saturated rings. The van der Waals surface area contributed by atoms with Crippen molar-refractivity contribution in [2.75, 3.05) is 11.6 Å². The van der Waals surface area contributed by atoms with E-state index in [-0.39, 0.29) is 27.7 Å². The molecule has 1 heterocycles. The van der Waals surface area contributed by atoms with Gasteiger partial charge in [0.1, 0.15) is 5.76 Å². The Labute approximate surface area is 168 Å². The number of esters is 1. The number of unbranched alkanes of at least 4 members (excludes halogenated alkanes) is 1. The van der Waals surface area contributed by atoms with Crippen LogP contribution in [0.25, 0.3) is 0 Å². The molecule has 1 amide bonds. The zero-order valence-electron chi connectivity index (χ0n) is 15.7. The van der Waals surface area contributed by atoms with Gasteiger partial charge in [-0.25, -0.2) is 13.2 Å². The van der Waals surface area contributed by atoms with Crippen LogP contribution >= 0.6 is 11.6 Å². The van der Waals surface area contributed by atoms with Crippen molar-refractivity contribution in [3.63, 3.8) is 0 Å². The van der Waals surface area contributed by atoms with E-state index in [0.717, 1.165) is 18.7 Å². The van der Waals surface area contributed by atoms with Gasteiger partial charge in [0.05, 0.1) is 15.5 Å². The summed E-state index contributed by atoms with van der Waals surface area (Å²) in [6, 6.07) is 5.26. The zero-order chi connectivity index (χ0) is 20.9. The van der Waals surface area contributed by atoms with Gasteiger partial charge in [-0.1, -0.05) is 30.1 Å². The summed E-state index contributed by atoms with van der Waals surface area (Å²) in [6.45, 7) is 3.61. The molecule has 0 aliphatic carbocycles. The molecular weight excluding hydrogens is 408 g/mol. The molecule has 0 saturated carbocycles. The topological polar surface area (TPSA) is 116 Å². The first kappa shape index (κ1) is 21.9.